The molecule has 0 N–H and O–H groups in total. The van der Waals surface area contributed by atoms with E-state index in [0.29, 0.717) is 16.7 Å². The van der Waals surface area contributed by atoms with Gasteiger partial charge in [-0.3, -0.25) is 4.90 Å². The van der Waals surface area contributed by atoms with Crippen LogP contribution in [0.2, 0.25) is 5.02 Å². The molecule has 0 radical (unpaired) electrons. The highest BCUT2D eigenvalue weighted by atomic mass is 35.5. The molecule has 0 bridgehead atoms. The lowest BCUT2D eigenvalue weighted by Crippen LogP contribution is -2.32. The van der Waals surface area contributed by atoms with Gasteiger partial charge in [0.25, 0.3) is 0 Å². The van der Waals surface area contributed by atoms with Crippen molar-refractivity contribution in [2.75, 3.05) is 33.2 Å². The van der Waals surface area contributed by atoms with Gasteiger partial charge in [0.1, 0.15) is 5.75 Å². The van der Waals surface area contributed by atoms with Crippen molar-refractivity contribution >= 4 is 17.7 Å². The largest absolute Gasteiger partial charge is 0.414 e. The first-order valence-corrected chi connectivity index (χ1v) is 11.6. The van der Waals surface area contributed by atoms with Crippen LogP contribution in [0.1, 0.15) is 51.4 Å². The molecule has 0 unspecified atom stereocenters. The van der Waals surface area contributed by atoms with Gasteiger partial charge in [-0.1, -0.05) is 30.2 Å². The second-order valence-corrected chi connectivity index (χ2v) is 9.04. The Morgan fingerprint density at radius 1 is 1.14 bits per heavy atom. The Balaban J connectivity index is 1.30. The summed E-state index contributed by atoms with van der Waals surface area (Å²) in [4.78, 5) is 16.5. The average molecular weight is 419 g/mol. The second-order valence-electron chi connectivity index (χ2n) is 8.60. The second kappa shape index (κ2) is 11.6. The SMILES string of the molecule is CN(CCC1CCC(C=CCN2CCCCC2)CC1)C(=O)Oc1ccc(Cl)cc1. The van der Waals surface area contributed by atoms with Gasteiger partial charge in [-0.2, -0.15) is 0 Å². The van der Waals surface area contributed by atoms with Crippen LogP contribution in [-0.4, -0.2) is 49.1 Å². The number of halogens is 1. The van der Waals surface area contributed by atoms with Gasteiger partial charge in [0.05, 0.1) is 0 Å². The maximum Gasteiger partial charge on any atom is 0.414 e. The van der Waals surface area contributed by atoms with Crippen molar-refractivity contribution in [3.05, 3.63) is 41.4 Å². The van der Waals surface area contributed by atoms with E-state index in [1.807, 2.05) is 7.05 Å². The Hall–Kier alpha value is -1.52. The van der Waals surface area contributed by atoms with Crippen molar-refractivity contribution in [1.29, 1.82) is 0 Å². The predicted molar refractivity (Wildman–Crippen MR) is 120 cm³/mol. The van der Waals surface area contributed by atoms with E-state index in [1.165, 1.54) is 58.0 Å². The van der Waals surface area contributed by atoms with Crippen LogP contribution in [0.25, 0.3) is 0 Å². The number of likely N-dealkylation sites (tertiary alicyclic amines) is 1. The molecule has 1 heterocycles. The summed E-state index contributed by atoms with van der Waals surface area (Å²) >= 11 is 5.86. The van der Waals surface area contributed by atoms with Gasteiger partial charge in [0.15, 0.2) is 0 Å². The first-order valence-electron chi connectivity index (χ1n) is 11.2. The summed E-state index contributed by atoms with van der Waals surface area (Å²) in [6.45, 7) is 4.41. The number of hydrogen-bond donors (Lipinski definition) is 0. The number of piperidine rings is 1. The summed E-state index contributed by atoms with van der Waals surface area (Å²) in [5, 5.41) is 0.634. The predicted octanol–water partition coefficient (Wildman–Crippen LogP) is 6.01. The lowest BCUT2D eigenvalue weighted by atomic mass is 9.80. The number of allylic oxidation sites excluding steroid dienone is 1. The van der Waals surface area contributed by atoms with E-state index in [0.717, 1.165) is 25.4 Å². The summed E-state index contributed by atoms with van der Waals surface area (Å²) in [6, 6.07) is 6.88. The fraction of sp³-hybridized carbons (Fsp3) is 0.625. The number of amides is 1. The quantitative estimate of drug-likeness (QED) is 0.508. The minimum Gasteiger partial charge on any atom is -0.410 e. The summed E-state index contributed by atoms with van der Waals surface area (Å²) in [5.41, 5.74) is 0. The standard InChI is InChI=1S/C24H35ClN2O2/c1-26(24(28)29-23-13-11-22(25)12-14-23)19-15-21-9-7-20(8-10-21)6-5-18-27-16-3-2-4-17-27/h5-6,11-14,20-21H,2-4,7-10,15-19H2,1H3. The van der Waals surface area contributed by atoms with Crippen LogP contribution in [0, 0.1) is 11.8 Å². The summed E-state index contributed by atoms with van der Waals surface area (Å²) in [5.74, 6) is 1.99. The lowest BCUT2D eigenvalue weighted by molar-refractivity contribution is 0.157. The van der Waals surface area contributed by atoms with Gasteiger partial charge < -0.3 is 9.64 Å². The van der Waals surface area contributed by atoms with Crippen molar-refractivity contribution < 1.29 is 9.53 Å². The molecular formula is C24H35ClN2O2. The Morgan fingerprint density at radius 3 is 2.52 bits per heavy atom. The molecule has 1 saturated heterocycles. The minimum absolute atomic E-state index is 0.304. The van der Waals surface area contributed by atoms with E-state index < -0.39 is 0 Å². The van der Waals surface area contributed by atoms with Crippen LogP contribution >= 0.6 is 11.6 Å². The third kappa shape index (κ3) is 7.67. The molecule has 0 atom stereocenters. The monoisotopic (exact) mass is 418 g/mol. The van der Waals surface area contributed by atoms with Gasteiger partial charge in [-0.25, -0.2) is 4.79 Å². The lowest BCUT2D eigenvalue weighted by Gasteiger charge is -2.28. The van der Waals surface area contributed by atoms with Gasteiger partial charge in [-0.05, 0) is 94.1 Å². The van der Waals surface area contributed by atoms with Crippen molar-refractivity contribution in [3.63, 3.8) is 0 Å². The molecule has 1 amide bonds. The molecule has 2 fully saturated rings. The number of carbonyl (C=O) groups is 1. The van der Waals surface area contributed by atoms with E-state index in [1.54, 1.807) is 29.2 Å². The third-order valence-electron chi connectivity index (χ3n) is 6.32. The molecule has 1 saturated carbocycles. The van der Waals surface area contributed by atoms with Crippen LogP contribution in [0.5, 0.6) is 5.75 Å². The molecule has 1 aromatic carbocycles. The Kier molecular flexibility index (Phi) is 8.88. The molecular weight excluding hydrogens is 384 g/mol. The summed E-state index contributed by atoms with van der Waals surface area (Å²) in [7, 11) is 1.81. The molecule has 3 rings (SSSR count). The van der Waals surface area contributed by atoms with Crippen molar-refractivity contribution in [2.24, 2.45) is 11.8 Å². The van der Waals surface area contributed by atoms with Crippen LogP contribution in [-0.2, 0) is 0 Å². The summed E-state index contributed by atoms with van der Waals surface area (Å²) in [6.07, 6.45) is 14.8. The highest BCUT2D eigenvalue weighted by Crippen LogP contribution is 2.31. The van der Waals surface area contributed by atoms with Crippen LogP contribution in [0.3, 0.4) is 0 Å². The highest BCUT2D eigenvalue weighted by Gasteiger charge is 2.21. The molecule has 1 aliphatic carbocycles. The number of nitrogens with zero attached hydrogens (tertiary/aromatic N) is 2. The number of benzene rings is 1. The fourth-order valence-electron chi connectivity index (χ4n) is 4.36. The van der Waals surface area contributed by atoms with Gasteiger partial charge in [0, 0.05) is 25.2 Å². The topological polar surface area (TPSA) is 32.8 Å². The molecule has 4 nitrogen and oxygen atoms in total. The normalized spacial score (nSPS) is 23.2. The van der Waals surface area contributed by atoms with Gasteiger partial charge in [0.2, 0.25) is 0 Å². The maximum atomic E-state index is 12.2. The average Bonchev–Trinajstić information content (AvgIpc) is 2.75. The number of rotatable bonds is 7. The molecule has 0 aromatic heterocycles. The van der Waals surface area contributed by atoms with Crippen molar-refractivity contribution in [2.45, 2.75) is 51.4 Å². The molecule has 1 aromatic rings. The zero-order chi connectivity index (χ0) is 20.5. The number of carbonyl (C=O) groups excluding carboxylic acids is 1. The first-order chi connectivity index (χ1) is 14.1. The van der Waals surface area contributed by atoms with Gasteiger partial charge in [-0.15, -0.1) is 0 Å². The Morgan fingerprint density at radius 2 is 1.83 bits per heavy atom. The maximum absolute atomic E-state index is 12.2. The van der Waals surface area contributed by atoms with Crippen molar-refractivity contribution in [1.82, 2.24) is 9.80 Å². The number of ether oxygens (including phenoxy) is 1. The number of hydrogen-bond acceptors (Lipinski definition) is 3. The van der Waals surface area contributed by atoms with E-state index in [9.17, 15) is 4.79 Å². The van der Waals surface area contributed by atoms with Crippen LogP contribution in [0.15, 0.2) is 36.4 Å². The minimum atomic E-state index is -0.304. The summed E-state index contributed by atoms with van der Waals surface area (Å²) < 4.78 is 5.40. The Bertz CT molecular complexity index is 647. The van der Waals surface area contributed by atoms with E-state index in [-0.39, 0.29) is 6.09 Å². The zero-order valence-corrected chi connectivity index (χ0v) is 18.4. The zero-order valence-electron chi connectivity index (χ0n) is 17.7. The molecule has 0 spiro atoms. The van der Waals surface area contributed by atoms with E-state index in [4.69, 9.17) is 16.3 Å². The smallest absolute Gasteiger partial charge is 0.410 e. The molecule has 2 aliphatic rings. The highest BCUT2D eigenvalue weighted by molar-refractivity contribution is 6.30. The molecule has 29 heavy (non-hydrogen) atoms. The Labute approximate surface area is 180 Å². The van der Waals surface area contributed by atoms with Crippen LogP contribution < -0.4 is 4.74 Å². The molecule has 1 aliphatic heterocycles. The third-order valence-corrected chi connectivity index (χ3v) is 6.57. The van der Waals surface area contributed by atoms with Crippen molar-refractivity contribution in [3.8, 4) is 5.75 Å². The first kappa shape index (κ1) is 22.2. The molecule has 160 valence electrons. The molecule has 5 heteroatoms. The van der Waals surface area contributed by atoms with Gasteiger partial charge >= 0.3 is 6.09 Å². The van der Waals surface area contributed by atoms with E-state index >= 15 is 0 Å². The van der Waals surface area contributed by atoms with E-state index in [2.05, 4.69) is 17.1 Å². The van der Waals surface area contributed by atoms with Crippen LogP contribution in [0.4, 0.5) is 4.79 Å². The fourth-order valence-corrected chi connectivity index (χ4v) is 4.49.